The van der Waals surface area contributed by atoms with Gasteiger partial charge in [0.2, 0.25) is 0 Å². The third-order valence-corrected chi connectivity index (χ3v) is 3.42. The average Bonchev–Trinajstić information content (AvgIpc) is 2.52. The predicted octanol–water partition coefficient (Wildman–Crippen LogP) is 4.57. The number of hydrogen-bond acceptors (Lipinski definition) is 2. The van der Waals surface area contributed by atoms with Crippen molar-refractivity contribution in [3.8, 4) is 5.75 Å². The van der Waals surface area contributed by atoms with Gasteiger partial charge >= 0.3 is 0 Å². The Morgan fingerprint density at radius 1 is 0.905 bits per heavy atom. The molecule has 112 valence electrons. The molecule has 0 saturated heterocycles. The molecule has 2 aromatic carbocycles. The van der Waals surface area contributed by atoms with E-state index in [2.05, 4.69) is 74.6 Å². The molecule has 0 aliphatic rings. The first-order valence-electron chi connectivity index (χ1n) is 7.65. The molecule has 0 aliphatic heterocycles. The third-order valence-electron chi connectivity index (χ3n) is 3.42. The van der Waals surface area contributed by atoms with Crippen LogP contribution in [-0.2, 0) is 6.54 Å². The zero-order chi connectivity index (χ0) is 15.1. The lowest BCUT2D eigenvalue weighted by molar-refractivity contribution is 0.271. The molecule has 2 aromatic rings. The summed E-state index contributed by atoms with van der Waals surface area (Å²) in [5, 5.41) is 3.54. The fourth-order valence-electron chi connectivity index (χ4n) is 2.10. The number of rotatable bonds is 7. The first-order chi connectivity index (χ1) is 10.1. The first-order valence-corrected chi connectivity index (χ1v) is 7.65. The van der Waals surface area contributed by atoms with Crippen LogP contribution in [0.5, 0.6) is 5.75 Å². The molecule has 0 radical (unpaired) electrons. The van der Waals surface area contributed by atoms with Gasteiger partial charge in [0, 0.05) is 12.6 Å². The van der Waals surface area contributed by atoms with Gasteiger partial charge in [-0.25, -0.2) is 0 Å². The van der Waals surface area contributed by atoms with Crippen LogP contribution in [0.25, 0.3) is 0 Å². The van der Waals surface area contributed by atoms with E-state index in [1.54, 1.807) is 0 Å². The second-order valence-electron chi connectivity index (χ2n) is 5.86. The highest BCUT2D eigenvalue weighted by atomic mass is 16.5. The minimum atomic E-state index is 0.323. The van der Waals surface area contributed by atoms with E-state index in [1.165, 1.54) is 11.1 Å². The van der Waals surface area contributed by atoms with Crippen LogP contribution < -0.4 is 10.1 Å². The van der Waals surface area contributed by atoms with E-state index in [0.29, 0.717) is 12.0 Å². The molecule has 1 unspecified atom stereocenters. The highest BCUT2D eigenvalue weighted by Crippen LogP contribution is 2.18. The molecule has 1 atom stereocenters. The fraction of sp³-hybridized carbons (Fsp3) is 0.368. The van der Waals surface area contributed by atoms with E-state index >= 15 is 0 Å². The standard InChI is InChI=1S/C19H25NO/c1-15(2)14-21-19-11-9-18(10-12-19)16(3)20-13-17-7-5-4-6-8-17/h4-12,15-16,20H,13-14H2,1-3H3. The molecule has 2 rings (SSSR count). The lowest BCUT2D eigenvalue weighted by Gasteiger charge is -2.15. The summed E-state index contributed by atoms with van der Waals surface area (Å²) in [6, 6.07) is 19.2. The Morgan fingerprint density at radius 3 is 2.19 bits per heavy atom. The van der Waals surface area contributed by atoms with E-state index < -0.39 is 0 Å². The summed E-state index contributed by atoms with van der Waals surface area (Å²) in [7, 11) is 0. The van der Waals surface area contributed by atoms with Crippen molar-refractivity contribution >= 4 is 0 Å². The van der Waals surface area contributed by atoms with Crippen molar-refractivity contribution in [2.24, 2.45) is 5.92 Å². The maximum Gasteiger partial charge on any atom is 0.119 e. The fourth-order valence-corrected chi connectivity index (χ4v) is 2.10. The van der Waals surface area contributed by atoms with E-state index in [-0.39, 0.29) is 0 Å². The van der Waals surface area contributed by atoms with Crippen LogP contribution in [0.3, 0.4) is 0 Å². The lowest BCUT2D eigenvalue weighted by Crippen LogP contribution is -2.17. The molecule has 2 heteroatoms. The van der Waals surface area contributed by atoms with Crippen molar-refractivity contribution in [3.05, 3.63) is 65.7 Å². The Kier molecular flexibility index (Phi) is 5.82. The largest absolute Gasteiger partial charge is 0.493 e. The molecule has 0 aromatic heterocycles. The number of ether oxygens (including phenoxy) is 1. The van der Waals surface area contributed by atoms with E-state index in [0.717, 1.165) is 18.9 Å². The topological polar surface area (TPSA) is 21.3 Å². The van der Waals surface area contributed by atoms with Crippen LogP contribution in [-0.4, -0.2) is 6.61 Å². The molecule has 0 spiro atoms. The van der Waals surface area contributed by atoms with Gasteiger partial charge in [0.15, 0.2) is 0 Å². The van der Waals surface area contributed by atoms with Gasteiger partial charge in [0.05, 0.1) is 6.61 Å². The number of benzene rings is 2. The van der Waals surface area contributed by atoms with E-state index in [1.807, 2.05) is 6.07 Å². The SMILES string of the molecule is CC(C)COc1ccc(C(C)NCc2ccccc2)cc1. The van der Waals surface area contributed by atoms with Crippen molar-refractivity contribution in [2.45, 2.75) is 33.4 Å². The maximum atomic E-state index is 5.71. The van der Waals surface area contributed by atoms with Gasteiger partial charge in [0.25, 0.3) is 0 Å². The molecule has 21 heavy (non-hydrogen) atoms. The monoisotopic (exact) mass is 283 g/mol. The Balaban J connectivity index is 1.86. The molecule has 0 fully saturated rings. The lowest BCUT2D eigenvalue weighted by atomic mass is 10.1. The van der Waals surface area contributed by atoms with Crippen LogP contribution in [0.15, 0.2) is 54.6 Å². The predicted molar refractivity (Wildman–Crippen MR) is 88.5 cm³/mol. The highest BCUT2D eigenvalue weighted by Gasteiger charge is 2.05. The number of hydrogen-bond donors (Lipinski definition) is 1. The van der Waals surface area contributed by atoms with Gasteiger partial charge in [-0.15, -0.1) is 0 Å². The zero-order valence-electron chi connectivity index (χ0n) is 13.2. The Bertz CT molecular complexity index is 519. The quantitative estimate of drug-likeness (QED) is 0.803. The molecule has 2 nitrogen and oxygen atoms in total. The van der Waals surface area contributed by atoms with Crippen LogP contribution in [0.1, 0.15) is 37.9 Å². The molecule has 0 amide bonds. The van der Waals surface area contributed by atoms with Gasteiger partial charge < -0.3 is 10.1 Å². The normalized spacial score (nSPS) is 12.4. The Morgan fingerprint density at radius 2 is 1.57 bits per heavy atom. The second-order valence-corrected chi connectivity index (χ2v) is 5.86. The summed E-state index contributed by atoms with van der Waals surface area (Å²) in [6.45, 7) is 8.15. The zero-order valence-corrected chi connectivity index (χ0v) is 13.2. The minimum absolute atomic E-state index is 0.323. The Labute approximate surface area is 128 Å². The van der Waals surface area contributed by atoms with E-state index in [4.69, 9.17) is 4.74 Å². The smallest absolute Gasteiger partial charge is 0.119 e. The average molecular weight is 283 g/mol. The third kappa shape index (κ3) is 5.24. The van der Waals surface area contributed by atoms with Crippen LogP contribution in [0, 0.1) is 5.92 Å². The molecular weight excluding hydrogens is 258 g/mol. The summed E-state index contributed by atoms with van der Waals surface area (Å²) in [5.74, 6) is 1.50. The van der Waals surface area contributed by atoms with Crippen LogP contribution in [0.2, 0.25) is 0 Å². The van der Waals surface area contributed by atoms with Gasteiger partial charge in [-0.2, -0.15) is 0 Å². The number of nitrogens with one attached hydrogen (secondary N) is 1. The molecule has 0 saturated carbocycles. The van der Waals surface area contributed by atoms with Gasteiger partial charge in [0.1, 0.15) is 5.75 Å². The minimum Gasteiger partial charge on any atom is -0.493 e. The van der Waals surface area contributed by atoms with E-state index in [9.17, 15) is 0 Å². The van der Waals surface area contributed by atoms with Crippen LogP contribution in [0.4, 0.5) is 0 Å². The molecule has 0 bridgehead atoms. The molecule has 0 heterocycles. The summed E-state index contributed by atoms with van der Waals surface area (Å²) < 4.78 is 5.71. The van der Waals surface area contributed by atoms with Crippen molar-refractivity contribution in [3.63, 3.8) is 0 Å². The van der Waals surface area contributed by atoms with Crippen molar-refractivity contribution in [2.75, 3.05) is 6.61 Å². The van der Waals surface area contributed by atoms with Crippen molar-refractivity contribution in [1.29, 1.82) is 0 Å². The summed E-state index contributed by atoms with van der Waals surface area (Å²) in [5.41, 5.74) is 2.59. The summed E-state index contributed by atoms with van der Waals surface area (Å²) >= 11 is 0. The molecule has 1 N–H and O–H groups in total. The van der Waals surface area contributed by atoms with Gasteiger partial charge in [-0.05, 0) is 36.1 Å². The second kappa shape index (κ2) is 7.84. The first kappa shape index (κ1) is 15.6. The molecular formula is C19H25NO. The maximum absolute atomic E-state index is 5.71. The van der Waals surface area contributed by atoms with Gasteiger partial charge in [-0.3, -0.25) is 0 Å². The summed E-state index contributed by atoms with van der Waals surface area (Å²) in [6.07, 6.45) is 0. The van der Waals surface area contributed by atoms with Gasteiger partial charge in [-0.1, -0.05) is 56.3 Å². The molecule has 0 aliphatic carbocycles. The van der Waals surface area contributed by atoms with Crippen molar-refractivity contribution < 1.29 is 4.74 Å². The van der Waals surface area contributed by atoms with Crippen molar-refractivity contribution in [1.82, 2.24) is 5.32 Å². The Hall–Kier alpha value is -1.80. The summed E-state index contributed by atoms with van der Waals surface area (Å²) in [4.78, 5) is 0. The highest BCUT2D eigenvalue weighted by molar-refractivity contribution is 5.29. The van der Waals surface area contributed by atoms with Crippen LogP contribution >= 0.6 is 0 Å².